The Bertz CT molecular complexity index is 899. The summed E-state index contributed by atoms with van der Waals surface area (Å²) in [5, 5.41) is 10.5. The van der Waals surface area contributed by atoms with Crippen molar-refractivity contribution in [3.8, 4) is 11.6 Å². The van der Waals surface area contributed by atoms with Gasteiger partial charge in [-0.15, -0.1) is 10.2 Å². The van der Waals surface area contributed by atoms with Gasteiger partial charge in [-0.3, -0.25) is 9.59 Å². The van der Waals surface area contributed by atoms with E-state index in [1.54, 1.807) is 30.3 Å². The summed E-state index contributed by atoms with van der Waals surface area (Å²) in [5.74, 6) is 0.300. The lowest BCUT2D eigenvalue weighted by molar-refractivity contribution is 0.102. The second kappa shape index (κ2) is 7.67. The van der Waals surface area contributed by atoms with E-state index >= 15 is 0 Å². The standard InChI is InChI=1S/C18H12BrN3O3/c19-15-7-6-14(10-12(15)11-23)25-17-9-8-16(21-22-17)18(24)20-13-4-2-1-3-5-13/h1-11H,(H,20,24). The Labute approximate surface area is 152 Å². The number of halogens is 1. The van der Waals surface area contributed by atoms with Crippen LogP contribution in [0, 0.1) is 0 Å². The number of carbonyl (C=O) groups excluding carboxylic acids is 2. The first-order valence-electron chi connectivity index (χ1n) is 7.28. The largest absolute Gasteiger partial charge is 0.438 e. The Morgan fingerprint density at radius 3 is 2.52 bits per heavy atom. The van der Waals surface area contributed by atoms with Gasteiger partial charge in [0.25, 0.3) is 5.91 Å². The average Bonchev–Trinajstić information content (AvgIpc) is 2.64. The summed E-state index contributed by atoms with van der Waals surface area (Å²) in [6, 6.07) is 17.1. The van der Waals surface area contributed by atoms with Crippen LogP contribution in [-0.4, -0.2) is 22.4 Å². The molecule has 0 spiro atoms. The third kappa shape index (κ3) is 4.27. The summed E-state index contributed by atoms with van der Waals surface area (Å²) in [6.45, 7) is 0. The van der Waals surface area contributed by atoms with E-state index in [2.05, 4.69) is 31.4 Å². The molecule has 0 fully saturated rings. The van der Waals surface area contributed by atoms with E-state index in [0.29, 0.717) is 21.5 Å². The Balaban J connectivity index is 1.70. The minimum Gasteiger partial charge on any atom is -0.438 e. The van der Waals surface area contributed by atoms with Crippen LogP contribution in [0.3, 0.4) is 0 Å². The van der Waals surface area contributed by atoms with Gasteiger partial charge in [-0.2, -0.15) is 0 Å². The molecule has 0 bridgehead atoms. The number of anilines is 1. The maximum absolute atomic E-state index is 12.1. The number of para-hydroxylation sites is 1. The van der Waals surface area contributed by atoms with E-state index in [1.165, 1.54) is 12.1 Å². The molecular weight excluding hydrogens is 386 g/mol. The van der Waals surface area contributed by atoms with Crippen molar-refractivity contribution >= 4 is 33.8 Å². The molecule has 3 rings (SSSR count). The number of aldehydes is 1. The smallest absolute Gasteiger partial charge is 0.276 e. The van der Waals surface area contributed by atoms with Crippen LogP contribution < -0.4 is 10.1 Å². The summed E-state index contributed by atoms with van der Waals surface area (Å²) in [6.07, 6.45) is 0.722. The summed E-state index contributed by atoms with van der Waals surface area (Å²) >= 11 is 3.27. The first-order valence-corrected chi connectivity index (χ1v) is 8.08. The molecule has 0 radical (unpaired) electrons. The summed E-state index contributed by atoms with van der Waals surface area (Å²) < 4.78 is 6.22. The van der Waals surface area contributed by atoms with Crippen molar-refractivity contribution in [3.63, 3.8) is 0 Å². The molecule has 0 aliphatic heterocycles. The lowest BCUT2D eigenvalue weighted by atomic mass is 10.2. The van der Waals surface area contributed by atoms with Crippen LogP contribution in [0.5, 0.6) is 11.6 Å². The van der Waals surface area contributed by atoms with Gasteiger partial charge in [0.2, 0.25) is 5.88 Å². The van der Waals surface area contributed by atoms with Gasteiger partial charge in [-0.1, -0.05) is 34.1 Å². The molecule has 0 saturated heterocycles. The molecule has 7 heteroatoms. The monoisotopic (exact) mass is 397 g/mol. The predicted molar refractivity (Wildman–Crippen MR) is 96.0 cm³/mol. The third-order valence-corrected chi connectivity index (χ3v) is 3.94. The van der Waals surface area contributed by atoms with Gasteiger partial charge in [0, 0.05) is 21.8 Å². The molecule has 1 heterocycles. The van der Waals surface area contributed by atoms with Crippen LogP contribution in [0.15, 0.2) is 65.1 Å². The fraction of sp³-hybridized carbons (Fsp3) is 0. The van der Waals surface area contributed by atoms with Crippen LogP contribution in [0.25, 0.3) is 0 Å². The van der Waals surface area contributed by atoms with Gasteiger partial charge in [-0.05, 0) is 36.4 Å². The molecule has 6 nitrogen and oxygen atoms in total. The summed E-state index contributed by atoms with van der Waals surface area (Å²) in [5.41, 5.74) is 1.30. The predicted octanol–water partition coefficient (Wildman–Crippen LogP) is 4.10. The van der Waals surface area contributed by atoms with Crippen molar-refractivity contribution in [1.29, 1.82) is 0 Å². The van der Waals surface area contributed by atoms with Crippen molar-refractivity contribution in [2.75, 3.05) is 5.32 Å². The number of hydrogen-bond acceptors (Lipinski definition) is 5. The van der Waals surface area contributed by atoms with Gasteiger partial charge in [0.05, 0.1) is 0 Å². The highest BCUT2D eigenvalue weighted by Gasteiger charge is 2.10. The van der Waals surface area contributed by atoms with Crippen LogP contribution in [0.1, 0.15) is 20.8 Å². The molecule has 0 atom stereocenters. The molecule has 3 aromatic rings. The van der Waals surface area contributed by atoms with E-state index in [1.807, 2.05) is 18.2 Å². The average molecular weight is 398 g/mol. The van der Waals surface area contributed by atoms with Gasteiger partial charge < -0.3 is 10.1 Å². The molecule has 0 unspecified atom stereocenters. The maximum atomic E-state index is 12.1. The molecule has 1 N–H and O–H groups in total. The van der Waals surface area contributed by atoms with Gasteiger partial charge in [-0.25, -0.2) is 0 Å². The molecule has 124 valence electrons. The van der Waals surface area contributed by atoms with E-state index in [0.717, 1.165) is 6.29 Å². The number of hydrogen-bond donors (Lipinski definition) is 1. The van der Waals surface area contributed by atoms with Crippen LogP contribution >= 0.6 is 15.9 Å². The van der Waals surface area contributed by atoms with Gasteiger partial charge in [0.15, 0.2) is 12.0 Å². The first-order chi connectivity index (χ1) is 12.2. The normalized spacial score (nSPS) is 10.1. The molecule has 0 aliphatic carbocycles. The van der Waals surface area contributed by atoms with E-state index in [-0.39, 0.29) is 17.5 Å². The highest BCUT2D eigenvalue weighted by atomic mass is 79.9. The summed E-state index contributed by atoms with van der Waals surface area (Å²) in [7, 11) is 0. The lowest BCUT2D eigenvalue weighted by Crippen LogP contribution is -2.14. The molecule has 2 aromatic carbocycles. The lowest BCUT2D eigenvalue weighted by Gasteiger charge is -2.07. The number of ether oxygens (including phenoxy) is 1. The van der Waals surface area contributed by atoms with Crippen molar-refractivity contribution in [1.82, 2.24) is 10.2 Å². The fourth-order valence-corrected chi connectivity index (χ4v) is 2.35. The minimum atomic E-state index is -0.364. The number of amides is 1. The molecule has 25 heavy (non-hydrogen) atoms. The first kappa shape index (κ1) is 16.8. The van der Waals surface area contributed by atoms with E-state index < -0.39 is 0 Å². The molecule has 1 aromatic heterocycles. The number of carbonyl (C=O) groups is 2. The fourth-order valence-electron chi connectivity index (χ4n) is 2.01. The zero-order chi connectivity index (χ0) is 17.6. The zero-order valence-electron chi connectivity index (χ0n) is 12.8. The Hall–Kier alpha value is -3.06. The second-order valence-corrected chi connectivity index (χ2v) is 5.83. The van der Waals surface area contributed by atoms with E-state index in [9.17, 15) is 9.59 Å². The van der Waals surface area contributed by atoms with E-state index in [4.69, 9.17) is 4.74 Å². The van der Waals surface area contributed by atoms with Crippen molar-refractivity contribution in [3.05, 3.63) is 76.4 Å². The highest BCUT2D eigenvalue weighted by molar-refractivity contribution is 9.10. The quantitative estimate of drug-likeness (QED) is 0.655. The highest BCUT2D eigenvalue weighted by Crippen LogP contribution is 2.24. The number of benzene rings is 2. The Morgan fingerprint density at radius 1 is 1.04 bits per heavy atom. The number of nitrogens with one attached hydrogen (secondary N) is 1. The SMILES string of the molecule is O=Cc1cc(Oc2ccc(C(=O)Nc3ccccc3)nn2)ccc1Br. The molecule has 0 aliphatic rings. The molecule has 1 amide bonds. The molecule has 0 saturated carbocycles. The zero-order valence-corrected chi connectivity index (χ0v) is 14.4. The van der Waals surface area contributed by atoms with Crippen molar-refractivity contribution in [2.45, 2.75) is 0 Å². The third-order valence-electron chi connectivity index (χ3n) is 3.22. The van der Waals surface area contributed by atoms with Crippen molar-refractivity contribution < 1.29 is 14.3 Å². The summed E-state index contributed by atoms with van der Waals surface area (Å²) in [4.78, 5) is 23.0. The Morgan fingerprint density at radius 2 is 1.84 bits per heavy atom. The molecular formula is C18H12BrN3O3. The Kier molecular flexibility index (Phi) is 5.15. The minimum absolute atomic E-state index is 0.167. The number of aromatic nitrogens is 2. The number of rotatable bonds is 5. The van der Waals surface area contributed by atoms with Gasteiger partial charge >= 0.3 is 0 Å². The van der Waals surface area contributed by atoms with Crippen LogP contribution in [0.4, 0.5) is 5.69 Å². The van der Waals surface area contributed by atoms with Crippen LogP contribution in [0.2, 0.25) is 0 Å². The topological polar surface area (TPSA) is 81.2 Å². The van der Waals surface area contributed by atoms with Gasteiger partial charge in [0.1, 0.15) is 5.75 Å². The number of nitrogens with zero attached hydrogens (tertiary/aromatic N) is 2. The maximum Gasteiger partial charge on any atom is 0.276 e. The van der Waals surface area contributed by atoms with Crippen molar-refractivity contribution in [2.24, 2.45) is 0 Å². The van der Waals surface area contributed by atoms with Crippen LogP contribution in [-0.2, 0) is 0 Å². The second-order valence-electron chi connectivity index (χ2n) is 4.98.